The summed E-state index contributed by atoms with van der Waals surface area (Å²) in [5, 5.41) is 0. The molecule has 4 N–H and O–H groups in total. The van der Waals surface area contributed by atoms with E-state index < -0.39 is 0 Å². The molecule has 1 saturated heterocycles. The molecule has 0 aromatic carbocycles. The van der Waals surface area contributed by atoms with Crippen LogP contribution < -0.4 is 11.7 Å². The Kier molecular flexibility index (Phi) is 4.20. The van der Waals surface area contributed by atoms with Gasteiger partial charge in [0.1, 0.15) is 0 Å². The molecular formula is C4H10N2O2. The zero-order valence-corrected chi connectivity index (χ0v) is 4.59. The van der Waals surface area contributed by atoms with Crippen LogP contribution in [0.4, 0.5) is 0 Å². The number of hydrazine groups is 1. The highest BCUT2D eigenvalue weighted by molar-refractivity contribution is 5.70. The summed E-state index contributed by atoms with van der Waals surface area (Å²) >= 11 is 0. The summed E-state index contributed by atoms with van der Waals surface area (Å²) in [6.45, 7) is 0.638. The smallest absolute Gasteiger partial charge is 0.305 e. The van der Waals surface area contributed by atoms with Crippen LogP contribution in [0.1, 0.15) is 12.8 Å². The van der Waals surface area contributed by atoms with Gasteiger partial charge in [-0.05, 0) is 6.42 Å². The predicted octanol–water partition coefficient (Wildman–Crippen LogP) is -0.858. The molecular weight excluding hydrogens is 108 g/mol. The number of nitrogens with two attached hydrogens (primary N) is 2. The first kappa shape index (κ1) is 7.39. The summed E-state index contributed by atoms with van der Waals surface area (Å²) in [6.07, 6.45) is 1.54. The summed E-state index contributed by atoms with van der Waals surface area (Å²) in [4.78, 5) is 10.0. The molecule has 0 bridgehead atoms. The Labute approximate surface area is 47.8 Å². The van der Waals surface area contributed by atoms with E-state index in [9.17, 15) is 4.79 Å². The first-order chi connectivity index (χ1) is 3.89. The Morgan fingerprint density at radius 2 is 2.12 bits per heavy atom. The van der Waals surface area contributed by atoms with Gasteiger partial charge in [0.25, 0.3) is 0 Å². The summed E-state index contributed by atoms with van der Waals surface area (Å²) < 4.78 is 4.51. The predicted molar refractivity (Wildman–Crippen MR) is 28.6 cm³/mol. The molecule has 48 valence electrons. The number of hydrogen-bond donors (Lipinski definition) is 2. The number of carbonyl (C=O) groups is 1. The number of carbonyl (C=O) groups excluding carboxylic acids is 1. The second kappa shape index (κ2) is 4.55. The van der Waals surface area contributed by atoms with Crippen molar-refractivity contribution >= 4 is 5.97 Å². The van der Waals surface area contributed by atoms with E-state index in [0.717, 1.165) is 6.42 Å². The average Bonchev–Trinajstić information content (AvgIpc) is 2.24. The zero-order valence-electron chi connectivity index (χ0n) is 4.59. The van der Waals surface area contributed by atoms with Crippen LogP contribution in [0.25, 0.3) is 0 Å². The van der Waals surface area contributed by atoms with Gasteiger partial charge < -0.3 is 4.74 Å². The number of rotatable bonds is 0. The van der Waals surface area contributed by atoms with Crippen LogP contribution in [0, 0.1) is 0 Å². The molecule has 0 aromatic heterocycles. The minimum atomic E-state index is -0.0463. The highest BCUT2D eigenvalue weighted by Gasteiger charge is 2.08. The van der Waals surface area contributed by atoms with E-state index >= 15 is 0 Å². The maximum absolute atomic E-state index is 10.0. The van der Waals surface area contributed by atoms with Crippen LogP contribution in [0.3, 0.4) is 0 Å². The molecule has 4 nitrogen and oxygen atoms in total. The molecule has 1 rings (SSSR count). The molecule has 0 atom stereocenters. The van der Waals surface area contributed by atoms with E-state index in [4.69, 9.17) is 0 Å². The van der Waals surface area contributed by atoms with Gasteiger partial charge in [-0.25, -0.2) is 0 Å². The molecule has 1 aliphatic rings. The van der Waals surface area contributed by atoms with Crippen LogP contribution in [0.15, 0.2) is 0 Å². The van der Waals surface area contributed by atoms with E-state index in [1.165, 1.54) is 0 Å². The van der Waals surface area contributed by atoms with Gasteiger partial charge in [-0.1, -0.05) is 0 Å². The van der Waals surface area contributed by atoms with Crippen molar-refractivity contribution < 1.29 is 9.53 Å². The molecule has 0 amide bonds. The Balaban J connectivity index is 0.000000222. The van der Waals surface area contributed by atoms with Crippen molar-refractivity contribution in [3.05, 3.63) is 0 Å². The van der Waals surface area contributed by atoms with Crippen molar-refractivity contribution in [1.29, 1.82) is 0 Å². The van der Waals surface area contributed by atoms with Gasteiger partial charge in [-0.2, -0.15) is 0 Å². The van der Waals surface area contributed by atoms with Crippen molar-refractivity contribution in [1.82, 2.24) is 0 Å². The van der Waals surface area contributed by atoms with Crippen molar-refractivity contribution in [2.24, 2.45) is 11.7 Å². The standard InChI is InChI=1S/C4H6O2.H4N2/c5-4-2-1-3-6-4;1-2/h1-3H2;1-2H2. The molecule has 0 spiro atoms. The molecule has 4 heteroatoms. The first-order valence-electron chi connectivity index (χ1n) is 2.38. The molecule has 1 aliphatic heterocycles. The van der Waals surface area contributed by atoms with E-state index in [1.807, 2.05) is 0 Å². The highest BCUT2D eigenvalue weighted by atomic mass is 16.5. The third-order valence-electron chi connectivity index (χ3n) is 0.788. The second-order valence-corrected chi connectivity index (χ2v) is 1.32. The SMILES string of the molecule is NN.O=C1CCCO1. The number of cyclic esters (lactones) is 1. The Hall–Kier alpha value is -0.610. The van der Waals surface area contributed by atoms with Crippen molar-refractivity contribution in [2.75, 3.05) is 6.61 Å². The van der Waals surface area contributed by atoms with Gasteiger partial charge in [-0.3, -0.25) is 16.5 Å². The molecule has 1 fully saturated rings. The fraction of sp³-hybridized carbons (Fsp3) is 0.750. The summed E-state index contributed by atoms with van der Waals surface area (Å²) in [5.41, 5.74) is 0. The minimum absolute atomic E-state index is 0.0463. The van der Waals surface area contributed by atoms with Crippen LogP contribution >= 0.6 is 0 Å². The molecule has 0 aromatic rings. The van der Waals surface area contributed by atoms with Crippen LogP contribution in [0.5, 0.6) is 0 Å². The van der Waals surface area contributed by atoms with E-state index in [1.54, 1.807) is 0 Å². The van der Waals surface area contributed by atoms with Gasteiger partial charge in [0.2, 0.25) is 0 Å². The third kappa shape index (κ3) is 2.54. The lowest BCUT2D eigenvalue weighted by Crippen LogP contribution is -2.02. The number of ether oxygens (including phenoxy) is 1. The van der Waals surface area contributed by atoms with Crippen LogP contribution in [-0.2, 0) is 9.53 Å². The number of esters is 1. The molecule has 0 saturated carbocycles. The van der Waals surface area contributed by atoms with Crippen molar-refractivity contribution in [2.45, 2.75) is 12.8 Å². The average molecular weight is 118 g/mol. The second-order valence-electron chi connectivity index (χ2n) is 1.32. The maximum atomic E-state index is 10.0. The van der Waals surface area contributed by atoms with Crippen molar-refractivity contribution in [3.63, 3.8) is 0 Å². The fourth-order valence-electron chi connectivity index (χ4n) is 0.475. The molecule has 8 heavy (non-hydrogen) atoms. The zero-order chi connectivity index (χ0) is 6.41. The maximum Gasteiger partial charge on any atom is 0.305 e. The molecule has 0 unspecified atom stereocenters. The van der Waals surface area contributed by atoms with E-state index in [2.05, 4.69) is 16.4 Å². The normalized spacial score (nSPS) is 16.5. The molecule has 0 aliphatic carbocycles. The largest absolute Gasteiger partial charge is 0.466 e. The fourth-order valence-corrected chi connectivity index (χ4v) is 0.475. The van der Waals surface area contributed by atoms with Crippen LogP contribution in [-0.4, -0.2) is 12.6 Å². The first-order valence-corrected chi connectivity index (χ1v) is 2.38. The van der Waals surface area contributed by atoms with Crippen molar-refractivity contribution in [3.8, 4) is 0 Å². The lowest BCUT2D eigenvalue weighted by atomic mass is 10.4. The van der Waals surface area contributed by atoms with Crippen LogP contribution in [0.2, 0.25) is 0 Å². The van der Waals surface area contributed by atoms with Gasteiger partial charge in [-0.15, -0.1) is 0 Å². The number of hydrogen-bond acceptors (Lipinski definition) is 4. The quantitative estimate of drug-likeness (QED) is 0.246. The van der Waals surface area contributed by atoms with E-state index in [0.29, 0.717) is 13.0 Å². The Morgan fingerprint density at radius 1 is 1.50 bits per heavy atom. The Morgan fingerprint density at radius 3 is 2.25 bits per heavy atom. The van der Waals surface area contributed by atoms with Gasteiger partial charge >= 0.3 is 5.97 Å². The third-order valence-corrected chi connectivity index (χ3v) is 0.788. The lowest BCUT2D eigenvalue weighted by molar-refractivity contribution is -0.137. The lowest BCUT2D eigenvalue weighted by Gasteiger charge is -1.81. The summed E-state index contributed by atoms with van der Waals surface area (Å²) in [7, 11) is 0. The van der Waals surface area contributed by atoms with Gasteiger partial charge in [0.15, 0.2) is 0 Å². The highest BCUT2D eigenvalue weighted by Crippen LogP contribution is 2.01. The van der Waals surface area contributed by atoms with E-state index in [-0.39, 0.29) is 5.97 Å². The summed E-state index contributed by atoms with van der Waals surface area (Å²) in [6, 6.07) is 0. The van der Waals surface area contributed by atoms with Gasteiger partial charge in [0.05, 0.1) is 6.61 Å². The Bertz CT molecular complexity index is 66.4. The molecule has 0 radical (unpaired) electrons. The topological polar surface area (TPSA) is 78.3 Å². The molecule has 1 heterocycles. The van der Waals surface area contributed by atoms with Gasteiger partial charge in [0, 0.05) is 6.42 Å². The minimum Gasteiger partial charge on any atom is -0.466 e. The monoisotopic (exact) mass is 118 g/mol. The summed E-state index contributed by atoms with van der Waals surface area (Å²) in [5.74, 6) is 7.95.